The Balaban J connectivity index is 2.88. The van der Waals surface area contributed by atoms with E-state index in [4.69, 9.17) is 4.74 Å². The SMILES string of the molecule is COC(=O)C(C)C(=O)Oc1ccccc1[N+](=O)[O-]. The fraction of sp³-hybridized carbons (Fsp3) is 0.273. The zero-order valence-electron chi connectivity index (χ0n) is 9.78. The number of hydrogen-bond donors (Lipinski definition) is 0. The summed E-state index contributed by atoms with van der Waals surface area (Å²) in [7, 11) is 1.14. The normalized spacial score (nSPS) is 11.4. The van der Waals surface area contributed by atoms with Gasteiger partial charge in [0.2, 0.25) is 5.75 Å². The molecule has 0 aliphatic heterocycles. The van der Waals surface area contributed by atoms with Crippen LogP contribution in [0.2, 0.25) is 0 Å². The van der Waals surface area contributed by atoms with Gasteiger partial charge in [-0.05, 0) is 13.0 Å². The van der Waals surface area contributed by atoms with Crippen molar-refractivity contribution >= 4 is 17.6 Å². The highest BCUT2D eigenvalue weighted by Gasteiger charge is 2.26. The Bertz CT molecular complexity index is 484. The standard InChI is InChI=1S/C11H11NO6/c1-7(10(13)17-2)11(14)18-9-6-4-3-5-8(9)12(15)16/h3-7H,1-2H3. The number of carbonyl (C=O) groups is 2. The van der Waals surface area contributed by atoms with Gasteiger partial charge in [-0.15, -0.1) is 0 Å². The first kappa shape index (κ1) is 13.6. The maximum Gasteiger partial charge on any atom is 0.325 e. The molecule has 0 saturated heterocycles. The van der Waals surface area contributed by atoms with E-state index < -0.39 is 22.8 Å². The third-order valence-corrected chi connectivity index (χ3v) is 2.18. The number of nitrogens with zero attached hydrogens (tertiary/aromatic N) is 1. The minimum atomic E-state index is -1.14. The molecule has 7 nitrogen and oxygen atoms in total. The van der Waals surface area contributed by atoms with Crippen molar-refractivity contribution in [3.8, 4) is 5.75 Å². The van der Waals surface area contributed by atoms with Gasteiger partial charge in [0.1, 0.15) is 0 Å². The molecule has 0 bridgehead atoms. The summed E-state index contributed by atoms with van der Waals surface area (Å²) in [4.78, 5) is 32.7. The molecule has 0 saturated carbocycles. The molecule has 1 rings (SSSR count). The van der Waals surface area contributed by atoms with Crippen LogP contribution in [0.1, 0.15) is 6.92 Å². The van der Waals surface area contributed by atoms with Crippen molar-refractivity contribution in [2.24, 2.45) is 5.92 Å². The van der Waals surface area contributed by atoms with E-state index in [0.717, 1.165) is 7.11 Å². The first-order valence-electron chi connectivity index (χ1n) is 5.00. The molecule has 1 atom stereocenters. The highest BCUT2D eigenvalue weighted by Crippen LogP contribution is 2.26. The lowest BCUT2D eigenvalue weighted by atomic mass is 10.2. The molecule has 0 radical (unpaired) electrons. The van der Waals surface area contributed by atoms with E-state index in [-0.39, 0.29) is 11.4 Å². The zero-order valence-corrected chi connectivity index (χ0v) is 9.78. The molecule has 0 fully saturated rings. The maximum absolute atomic E-state index is 11.5. The zero-order chi connectivity index (χ0) is 13.7. The Morgan fingerprint density at radius 2 is 1.89 bits per heavy atom. The van der Waals surface area contributed by atoms with Crippen molar-refractivity contribution < 1.29 is 24.0 Å². The molecular weight excluding hydrogens is 242 g/mol. The first-order chi connectivity index (χ1) is 8.47. The lowest BCUT2D eigenvalue weighted by molar-refractivity contribution is -0.385. The Morgan fingerprint density at radius 1 is 1.28 bits per heavy atom. The third kappa shape index (κ3) is 3.03. The summed E-state index contributed by atoms with van der Waals surface area (Å²) in [5, 5.41) is 10.7. The van der Waals surface area contributed by atoms with Crippen molar-refractivity contribution in [1.82, 2.24) is 0 Å². The van der Waals surface area contributed by atoms with Crippen LogP contribution in [0.5, 0.6) is 5.75 Å². The van der Waals surface area contributed by atoms with Crippen molar-refractivity contribution in [1.29, 1.82) is 0 Å². The van der Waals surface area contributed by atoms with Crippen LogP contribution in [-0.4, -0.2) is 24.0 Å². The molecule has 0 N–H and O–H groups in total. The third-order valence-electron chi connectivity index (χ3n) is 2.18. The van der Waals surface area contributed by atoms with Crippen LogP contribution in [0.4, 0.5) is 5.69 Å². The monoisotopic (exact) mass is 253 g/mol. The predicted molar refractivity (Wildman–Crippen MR) is 59.9 cm³/mol. The molecule has 7 heteroatoms. The van der Waals surface area contributed by atoms with Crippen molar-refractivity contribution in [2.75, 3.05) is 7.11 Å². The number of ether oxygens (including phenoxy) is 2. The quantitative estimate of drug-likeness (QED) is 0.264. The van der Waals surface area contributed by atoms with Crippen molar-refractivity contribution in [3.63, 3.8) is 0 Å². The predicted octanol–water partition coefficient (Wildman–Crippen LogP) is 1.31. The molecule has 0 spiro atoms. The summed E-state index contributed by atoms with van der Waals surface area (Å²) in [6, 6.07) is 5.41. The molecule has 0 aromatic heterocycles. The van der Waals surface area contributed by atoms with Gasteiger partial charge in [-0.3, -0.25) is 19.7 Å². The number of esters is 2. The van der Waals surface area contributed by atoms with E-state index in [1.165, 1.54) is 31.2 Å². The van der Waals surface area contributed by atoms with Crippen LogP contribution in [0, 0.1) is 16.0 Å². The van der Waals surface area contributed by atoms with Crippen LogP contribution < -0.4 is 4.74 Å². The van der Waals surface area contributed by atoms with Gasteiger partial charge >= 0.3 is 17.6 Å². The van der Waals surface area contributed by atoms with E-state index in [9.17, 15) is 19.7 Å². The Labute approximate surface area is 102 Å². The second-order valence-corrected chi connectivity index (χ2v) is 3.39. The van der Waals surface area contributed by atoms with Crippen molar-refractivity contribution in [2.45, 2.75) is 6.92 Å². The lowest BCUT2D eigenvalue weighted by Gasteiger charge is -2.09. The van der Waals surface area contributed by atoms with Gasteiger partial charge in [0.05, 0.1) is 12.0 Å². The van der Waals surface area contributed by atoms with Crippen LogP contribution >= 0.6 is 0 Å². The molecule has 18 heavy (non-hydrogen) atoms. The van der Waals surface area contributed by atoms with Crippen molar-refractivity contribution in [3.05, 3.63) is 34.4 Å². The number of nitro groups is 1. The van der Waals surface area contributed by atoms with Crippen LogP contribution in [0.25, 0.3) is 0 Å². The van der Waals surface area contributed by atoms with Gasteiger partial charge < -0.3 is 9.47 Å². The van der Waals surface area contributed by atoms with Gasteiger partial charge in [-0.1, -0.05) is 12.1 Å². The lowest BCUT2D eigenvalue weighted by Crippen LogP contribution is -2.26. The van der Waals surface area contributed by atoms with Gasteiger partial charge in [-0.25, -0.2) is 0 Å². The Kier molecular flexibility index (Phi) is 4.36. The molecule has 1 aromatic rings. The van der Waals surface area contributed by atoms with Gasteiger partial charge in [0, 0.05) is 6.07 Å². The van der Waals surface area contributed by atoms with E-state index in [1.807, 2.05) is 0 Å². The number of benzene rings is 1. The molecule has 0 aliphatic carbocycles. The summed E-state index contributed by atoms with van der Waals surface area (Å²) in [5.41, 5.74) is -0.345. The molecule has 1 aromatic carbocycles. The summed E-state index contributed by atoms with van der Waals surface area (Å²) in [6.07, 6.45) is 0. The minimum Gasteiger partial charge on any atom is -0.468 e. The van der Waals surface area contributed by atoms with Crippen LogP contribution in [0.3, 0.4) is 0 Å². The first-order valence-corrected chi connectivity index (χ1v) is 5.00. The maximum atomic E-state index is 11.5. The highest BCUT2D eigenvalue weighted by atomic mass is 16.6. The van der Waals surface area contributed by atoms with E-state index in [2.05, 4.69) is 4.74 Å². The second kappa shape index (κ2) is 5.76. The molecule has 0 amide bonds. The number of rotatable bonds is 4. The van der Waals surface area contributed by atoms with Crippen LogP contribution in [-0.2, 0) is 14.3 Å². The van der Waals surface area contributed by atoms with Crippen LogP contribution in [0.15, 0.2) is 24.3 Å². The Morgan fingerprint density at radius 3 is 2.44 bits per heavy atom. The highest BCUT2D eigenvalue weighted by molar-refractivity contribution is 5.95. The van der Waals surface area contributed by atoms with E-state index in [0.29, 0.717) is 0 Å². The summed E-state index contributed by atoms with van der Waals surface area (Å²) < 4.78 is 9.19. The molecule has 0 heterocycles. The fourth-order valence-electron chi connectivity index (χ4n) is 1.16. The van der Waals surface area contributed by atoms with Gasteiger partial charge in [0.15, 0.2) is 5.92 Å². The van der Waals surface area contributed by atoms with E-state index in [1.54, 1.807) is 0 Å². The minimum absolute atomic E-state index is 0.205. The molecular formula is C11H11NO6. The number of carbonyl (C=O) groups excluding carboxylic acids is 2. The molecule has 0 aliphatic rings. The number of para-hydroxylation sites is 2. The molecule has 96 valence electrons. The summed E-state index contributed by atoms with van der Waals surface area (Å²) in [6.45, 7) is 1.29. The summed E-state index contributed by atoms with van der Waals surface area (Å²) in [5.74, 6) is -3.02. The number of nitro benzene ring substituents is 1. The summed E-state index contributed by atoms with van der Waals surface area (Å²) >= 11 is 0. The number of hydrogen-bond acceptors (Lipinski definition) is 6. The van der Waals surface area contributed by atoms with E-state index >= 15 is 0 Å². The van der Waals surface area contributed by atoms with Gasteiger partial charge in [0.25, 0.3) is 0 Å². The average molecular weight is 253 g/mol. The average Bonchev–Trinajstić information content (AvgIpc) is 2.37. The number of methoxy groups -OCH3 is 1. The fourth-order valence-corrected chi connectivity index (χ4v) is 1.16. The second-order valence-electron chi connectivity index (χ2n) is 3.39. The van der Waals surface area contributed by atoms with Gasteiger partial charge in [-0.2, -0.15) is 0 Å². The smallest absolute Gasteiger partial charge is 0.325 e. The topological polar surface area (TPSA) is 95.7 Å². The largest absolute Gasteiger partial charge is 0.468 e. The molecule has 1 unspecified atom stereocenters. The Hall–Kier alpha value is -2.44.